The Hall–Kier alpha value is -2.89. The third-order valence-electron chi connectivity index (χ3n) is 3.29. The molecule has 1 heterocycles. The molecule has 0 aliphatic heterocycles. The molecule has 0 saturated carbocycles. The van der Waals surface area contributed by atoms with Crippen molar-refractivity contribution < 1.29 is 14.3 Å². The predicted molar refractivity (Wildman–Crippen MR) is 75.5 cm³/mol. The molecule has 0 aliphatic carbocycles. The summed E-state index contributed by atoms with van der Waals surface area (Å²) in [7, 11) is 0. The molecule has 0 aliphatic rings. The largest absolute Gasteiger partial charge is 0.478 e. The summed E-state index contributed by atoms with van der Waals surface area (Å²) in [5, 5.41) is 9.14. The van der Waals surface area contributed by atoms with Gasteiger partial charge in [0.05, 0.1) is 22.3 Å². The van der Waals surface area contributed by atoms with Gasteiger partial charge in [-0.25, -0.2) is 14.0 Å². The molecule has 3 aromatic rings. The van der Waals surface area contributed by atoms with E-state index in [2.05, 4.69) is 4.98 Å². The van der Waals surface area contributed by atoms with Gasteiger partial charge in [-0.15, -0.1) is 0 Å². The number of nitrogens with zero attached hydrogens (tertiary/aromatic N) is 1. The fraction of sp³-hybridized carbons (Fsp3) is 0.0667. The number of fused-ring (bicyclic) bond motifs is 1. The van der Waals surface area contributed by atoms with Gasteiger partial charge < -0.3 is 10.1 Å². The number of imidazole rings is 1. The van der Waals surface area contributed by atoms with Crippen LogP contribution in [-0.2, 0) is 0 Å². The van der Waals surface area contributed by atoms with Crippen molar-refractivity contribution in [2.24, 2.45) is 0 Å². The van der Waals surface area contributed by atoms with Crippen LogP contribution in [0.25, 0.3) is 16.7 Å². The van der Waals surface area contributed by atoms with Crippen LogP contribution in [-0.4, -0.2) is 20.6 Å². The maximum Gasteiger partial charge on any atom is 0.337 e. The second-order valence-corrected chi connectivity index (χ2v) is 4.73. The average molecular weight is 286 g/mol. The quantitative estimate of drug-likeness (QED) is 0.760. The van der Waals surface area contributed by atoms with Gasteiger partial charge in [-0.1, -0.05) is 12.1 Å². The van der Waals surface area contributed by atoms with E-state index in [9.17, 15) is 14.0 Å². The van der Waals surface area contributed by atoms with Crippen molar-refractivity contribution in [2.45, 2.75) is 6.92 Å². The fourth-order valence-corrected chi connectivity index (χ4v) is 2.34. The second kappa shape index (κ2) is 4.59. The highest BCUT2D eigenvalue weighted by atomic mass is 19.1. The first-order chi connectivity index (χ1) is 9.99. The summed E-state index contributed by atoms with van der Waals surface area (Å²) >= 11 is 0. The topological polar surface area (TPSA) is 75.1 Å². The molecule has 0 unspecified atom stereocenters. The maximum absolute atomic E-state index is 14.1. The molecule has 3 rings (SSSR count). The zero-order valence-corrected chi connectivity index (χ0v) is 11.1. The van der Waals surface area contributed by atoms with Crippen LogP contribution in [0.2, 0.25) is 0 Å². The molecule has 5 nitrogen and oxygen atoms in total. The van der Waals surface area contributed by atoms with E-state index < -0.39 is 17.5 Å². The number of para-hydroxylation sites is 1. The van der Waals surface area contributed by atoms with Crippen molar-refractivity contribution in [1.82, 2.24) is 9.55 Å². The van der Waals surface area contributed by atoms with E-state index in [0.29, 0.717) is 5.52 Å². The summed E-state index contributed by atoms with van der Waals surface area (Å²) in [4.78, 5) is 25.8. The van der Waals surface area contributed by atoms with Crippen LogP contribution in [0.5, 0.6) is 0 Å². The highest BCUT2D eigenvalue weighted by molar-refractivity contribution is 6.01. The highest BCUT2D eigenvalue weighted by Crippen LogP contribution is 2.21. The van der Waals surface area contributed by atoms with Gasteiger partial charge in [0.1, 0.15) is 5.82 Å². The zero-order valence-electron chi connectivity index (χ0n) is 11.1. The highest BCUT2D eigenvalue weighted by Gasteiger charge is 2.17. The molecule has 0 spiro atoms. The molecule has 0 radical (unpaired) electrons. The normalized spacial score (nSPS) is 11.0. The van der Waals surface area contributed by atoms with E-state index in [1.807, 2.05) is 0 Å². The Bertz CT molecular complexity index is 924. The van der Waals surface area contributed by atoms with Gasteiger partial charge >= 0.3 is 11.7 Å². The minimum absolute atomic E-state index is 0.0316. The summed E-state index contributed by atoms with van der Waals surface area (Å²) in [6.45, 7) is 1.74. The number of benzene rings is 2. The number of aromatic amines is 1. The van der Waals surface area contributed by atoms with Crippen molar-refractivity contribution in [3.8, 4) is 5.69 Å². The Morgan fingerprint density at radius 2 is 2.05 bits per heavy atom. The number of rotatable bonds is 2. The molecule has 2 aromatic carbocycles. The lowest BCUT2D eigenvalue weighted by Gasteiger charge is -2.06. The standard InChI is InChI=1S/C15H11FN2O3/c1-8-5-6-11(10(16)7-8)18-12-4-2-3-9(14(19)20)13(12)17-15(18)21/h2-7H,1H3,(H,17,21)(H,19,20). The third-order valence-corrected chi connectivity index (χ3v) is 3.29. The lowest BCUT2D eigenvalue weighted by Crippen LogP contribution is -2.15. The smallest absolute Gasteiger partial charge is 0.337 e. The van der Waals surface area contributed by atoms with E-state index in [-0.39, 0.29) is 16.8 Å². The predicted octanol–water partition coefficient (Wildman–Crippen LogP) is 2.46. The minimum atomic E-state index is -1.15. The number of carbonyl (C=O) groups is 1. The van der Waals surface area contributed by atoms with Gasteiger partial charge in [-0.3, -0.25) is 4.57 Å². The molecule has 0 amide bonds. The lowest BCUT2D eigenvalue weighted by atomic mass is 10.1. The summed E-state index contributed by atoms with van der Waals surface area (Å²) in [5.41, 5.74) is 0.699. The molecule has 106 valence electrons. The van der Waals surface area contributed by atoms with Gasteiger partial charge in [-0.05, 0) is 36.8 Å². The van der Waals surface area contributed by atoms with Gasteiger partial charge in [0.2, 0.25) is 0 Å². The van der Waals surface area contributed by atoms with E-state index >= 15 is 0 Å². The molecule has 21 heavy (non-hydrogen) atoms. The molecule has 2 N–H and O–H groups in total. The molecule has 0 saturated heterocycles. The number of nitrogens with one attached hydrogen (secondary N) is 1. The first-order valence-corrected chi connectivity index (χ1v) is 6.22. The number of aromatic carboxylic acids is 1. The van der Waals surface area contributed by atoms with E-state index in [1.54, 1.807) is 19.1 Å². The average Bonchev–Trinajstić information content (AvgIpc) is 2.74. The molecular weight excluding hydrogens is 275 g/mol. The van der Waals surface area contributed by atoms with Crippen molar-refractivity contribution in [2.75, 3.05) is 0 Å². The number of hydrogen-bond acceptors (Lipinski definition) is 2. The summed E-state index contributed by atoms with van der Waals surface area (Å²) < 4.78 is 15.2. The van der Waals surface area contributed by atoms with Crippen LogP contribution in [0.3, 0.4) is 0 Å². The Balaban J connectivity index is 2.39. The van der Waals surface area contributed by atoms with Crippen LogP contribution in [0.15, 0.2) is 41.2 Å². The Morgan fingerprint density at radius 1 is 1.29 bits per heavy atom. The minimum Gasteiger partial charge on any atom is -0.478 e. The number of carboxylic acid groups (broad SMARTS) is 1. The first kappa shape index (κ1) is 13.1. The second-order valence-electron chi connectivity index (χ2n) is 4.73. The Labute approximate surface area is 118 Å². The number of halogens is 1. The first-order valence-electron chi connectivity index (χ1n) is 6.22. The number of hydrogen-bond donors (Lipinski definition) is 2. The van der Waals surface area contributed by atoms with Gasteiger partial charge in [0.15, 0.2) is 0 Å². The van der Waals surface area contributed by atoms with Gasteiger partial charge in [-0.2, -0.15) is 0 Å². The molecule has 1 aromatic heterocycles. The lowest BCUT2D eigenvalue weighted by molar-refractivity contribution is 0.0699. The van der Waals surface area contributed by atoms with E-state index in [1.165, 1.54) is 24.3 Å². The molecule has 0 bridgehead atoms. The van der Waals surface area contributed by atoms with Crippen LogP contribution < -0.4 is 5.69 Å². The Morgan fingerprint density at radius 3 is 2.71 bits per heavy atom. The summed E-state index contributed by atoms with van der Waals surface area (Å²) in [6, 6.07) is 8.97. The van der Waals surface area contributed by atoms with E-state index in [4.69, 9.17) is 5.11 Å². The molecule has 0 atom stereocenters. The maximum atomic E-state index is 14.1. The number of aryl methyl sites for hydroxylation is 1. The number of H-pyrrole nitrogens is 1. The molecule has 0 fully saturated rings. The number of carboxylic acids is 1. The molecule has 6 heteroatoms. The van der Waals surface area contributed by atoms with Crippen molar-refractivity contribution in [3.05, 3.63) is 63.8 Å². The van der Waals surface area contributed by atoms with Gasteiger partial charge in [0, 0.05) is 0 Å². The van der Waals surface area contributed by atoms with Crippen LogP contribution in [0.1, 0.15) is 15.9 Å². The fourth-order valence-electron chi connectivity index (χ4n) is 2.34. The van der Waals surface area contributed by atoms with Crippen LogP contribution in [0, 0.1) is 12.7 Å². The Kier molecular flexibility index (Phi) is 2.86. The summed E-state index contributed by atoms with van der Waals surface area (Å²) in [6.07, 6.45) is 0. The van der Waals surface area contributed by atoms with Crippen molar-refractivity contribution >= 4 is 17.0 Å². The van der Waals surface area contributed by atoms with Crippen LogP contribution >= 0.6 is 0 Å². The van der Waals surface area contributed by atoms with Crippen molar-refractivity contribution in [1.29, 1.82) is 0 Å². The number of aromatic nitrogens is 2. The van der Waals surface area contributed by atoms with Crippen molar-refractivity contribution in [3.63, 3.8) is 0 Å². The van der Waals surface area contributed by atoms with Crippen LogP contribution in [0.4, 0.5) is 4.39 Å². The monoisotopic (exact) mass is 286 g/mol. The van der Waals surface area contributed by atoms with Gasteiger partial charge in [0.25, 0.3) is 0 Å². The molecular formula is C15H11FN2O3. The summed E-state index contributed by atoms with van der Waals surface area (Å²) in [5.74, 6) is -1.70. The van der Waals surface area contributed by atoms with E-state index in [0.717, 1.165) is 10.1 Å². The SMILES string of the molecule is Cc1ccc(-n2c(=O)[nH]c3c(C(=O)O)cccc32)c(F)c1. The zero-order chi connectivity index (χ0) is 15.1. The third kappa shape index (κ3) is 2.01.